The Morgan fingerprint density at radius 2 is 2.09 bits per heavy atom. The van der Waals surface area contributed by atoms with Crippen LogP contribution < -0.4 is 9.74 Å². The molecule has 7 heteroatoms. The highest BCUT2D eigenvalue weighted by atomic mass is 32.2. The number of benzene rings is 1. The summed E-state index contributed by atoms with van der Waals surface area (Å²) in [7, 11) is -4.04. The molecule has 112 valence electrons. The van der Waals surface area contributed by atoms with Crippen molar-refractivity contribution < 1.29 is 12.6 Å². The Kier molecular flexibility index (Phi) is 3.26. The Balaban J connectivity index is 2.49. The highest BCUT2D eigenvalue weighted by Crippen LogP contribution is 2.33. The van der Waals surface area contributed by atoms with Gasteiger partial charge in [-0.15, -0.1) is 6.42 Å². The smallest absolute Gasteiger partial charge is 0.341 e. The van der Waals surface area contributed by atoms with Crippen LogP contribution in [0.5, 0.6) is 5.88 Å². The normalized spacial score (nSPS) is 14.4. The van der Waals surface area contributed by atoms with E-state index in [1.807, 2.05) is 0 Å². The van der Waals surface area contributed by atoms with Crippen molar-refractivity contribution in [3.05, 3.63) is 40.2 Å². The standard InChI is InChI=1S/C15H12N2O4S/c1-3-9-17-13-11-7-5-6-8-12(11)22(19,20)21-14(16-13)10(4-2)15(17)18/h1,5-8H,4,9H2,2H3. The maximum Gasteiger partial charge on any atom is 0.341 e. The molecule has 1 aromatic carbocycles. The van der Waals surface area contributed by atoms with Crippen LogP contribution in [-0.2, 0) is 23.1 Å². The number of terminal acetylenes is 1. The van der Waals surface area contributed by atoms with E-state index in [2.05, 4.69) is 10.9 Å². The lowest BCUT2D eigenvalue weighted by atomic mass is 10.2. The van der Waals surface area contributed by atoms with Gasteiger partial charge in [0.1, 0.15) is 10.7 Å². The summed E-state index contributed by atoms with van der Waals surface area (Å²) in [6.07, 6.45) is 5.62. The molecule has 0 saturated heterocycles. The first-order chi connectivity index (χ1) is 10.5. The first-order valence-corrected chi connectivity index (χ1v) is 8.01. The SMILES string of the molecule is C#CCn1c2nc(c(CC)c1=O)OS(=O)(=O)c1ccccc1-2. The van der Waals surface area contributed by atoms with E-state index in [-0.39, 0.29) is 40.7 Å². The Hall–Kier alpha value is -2.59. The predicted octanol–water partition coefficient (Wildman–Crippen LogP) is 1.19. The second-order valence-electron chi connectivity index (χ2n) is 4.70. The minimum atomic E-state index is -4.04. The summed E-state index contributed by atoms with van der Waals surface area (Å²) in [5.74, 6) is 2.43. The largest absolute Gasteiger partial charge is 0.358 e. The van der Waals surface area contributed by atoms with Gasteiger partial charge in [-0.2, -0.15) is 13.4 Å². The fourth-order valence-electron chi connectivity index (χ4n) is 2.41. The highest BCUT2D eigenvalue weighted by Gasteiger charge is 2.31. The number of aromatic nitrogens is 2. The first-order valence-electron chi connectivity index (χ1n) is 6.60. The lowest BCUT2D eigenvalue weighted by molar-refractivity contribution is 0.473. The monoisotopic (exact) mass is 316 g/mol. The summed E-state index contributed by atoms with van der Waals surface area (Å²) < 4.78 is 31.1. The zero-order valence-corrected chi connectivity index (χ0v) is 12.6. The molecule has 3 rings (SSSR count). The average molecular weight is 316 g/mol. The molecular formula is C15H12N2O4S. The van der Waals surface area contributed by atoms with Gasteiger partial charge >= 0.3 is 10.1 Å². The third-order valence-corrected chi connectivity index (χ3v) is 4.69. The molecule has 0 spiro atoms. The van der Waals surface area contributed by atoms with Crippen LogP contribution in [-0.4, -0.2) is 18.0 Å². The van der Waals surface area contributed by atoms with Crippen LogP contribution in [0.15, 0.2) is 34.0 Å². The third-order valence-electron chi connectivity index (χ3n) is 3.41. The van der Waals surface area contributed by atoms with Crippen molar-refractivity contribution >= 4 is 10.1 Å². The number of nitrogens with zero attached hydrogens (tertiary/aromatic N) is 2. The zero-order chi connectivity index (χ0) is 15.9. The number of rotatable bonds is 2. The lowest BCUT2D eigenvalue weighted by Crippen LogP contribution is -2.26. The van der Waals surface area contributed by atoms with Crippen LogP contribution in [0.4, 0.5) is 0 Å². The van der Waals surface area contributed by atoms with Crippen molar-refractivity contribution in [3.63, 3.8) is 0 Å². The molecule has 0 atom stereocenters. The van der Waals surface area contributed by atoms with Crippen molar-refractivity contribution in [1.29, 1.82) is 0 Å². The predicted molar refractivity (Wildman–Crippen MR) is 80.0 cm³/mol. The number of hydrogen-bond acceptors (Lipinski definition) is 5. The summed E-state index contributed by atoms with van der Waals surface area (Å²) in [5, 5.41) is 0. The molecule has 0 radical (unpaired) electrons. The molecule has 22 heavy (non-hydrogen) atoms. The van der Waals surface area contributed by atoms with Gasteiger partial charge in [-0.1, -0.05) is 25.0 Å². The van der Waals surface area contributed by atoms with Crippen LogP contribution in [0.1, 0.15) is 12.5 Å². The molecular weight excluding hydrogens is 304 g/mol. The lowest BCUT2D eigenvalue weighted by Gasteiger charge is -2.11. The summed E-state index contributed by atoms with van der Waals surface area (Å²) in [6.45, 7) is 1.73. The van der Waals surface area contributed by atoms with Gasteiger partial charge in [0.05, 0.1) is 12.1 Å². The average Bonchev–Trinajstić information content (AvgIpc) is 2.59. The number of hydrogen-bond donors (Lipinski definition) is 0. The minimum absolute atomic E-state index is 0.00281. The van der Waals surface area contributed by atoms with Gasteiger partial charge in [0.25, 0.3) is 5.56 Å². The van der Waals surface area contributed by atoms with Crippen molar-refractivity contribution in [2.24, 2.45) is 0 Å². The molecule has 0 amide bonds. The van der Waals surface area contributed by atoms with E-state index in [0.29, 0.717) is 5.56 Å². The zero-order valence-electron chi connectivity index (χ0n) is 11.7. The number of fused-ring (bicyclic) bond motifs is 4. The minimum Gasteiger partial charge on any atom is -0.358 e. The molecule has 1 aromatic heterocycles. The van der Waals surface area contributed by atoms with Crippen molar-refractivity contribution in [3.8, 4) is 29.6 Å². The fourth-order valence-corrected chi connectivity index (χ4v) is 3.52. The van der Waals surface area contributed by atoms with Crippen molar-refractivity contribution in [2.75, 3.05) is 0 Å². The van der Waals surface area contributed by atoms with Gasteiger partial charge < -0.3 is 4.18 Å². The van der Waals surface area contributed by atoms with Gasteiger partial charge in [0.15, 0.2) is 0 Å². The molecule has 0 saturated carbocycles. The van der Waals surface area contributed by atoms with Crippen LogP contribution in [0.2, 0.25) is 0 Å². The summed E-state index contributed by atoms with van der Waals surface area (Å²) in [6, 6.07) is 6.24. The molecule has 1 aliphatic rings. The van der Waals surface area contributed by atoms with Gasteiger partial charge in [0, 0.05) is 5.56 Å². The fraction of sp³-hybridized carbons (Fsp3) is 0.200. The molecule has 0 unspecified atom stereocenters. The molecule has 0 fully saturated rings. The van der Waals surface area contributed by atoms with Gasteiger partial charge in [-0.05, 0) is 18.6 Å². The Morgan fingerprint density at radius 1 is 1.36 bits per heavy atom. The van der Waals surface area contributed by atoms with E-state index in [1.54, 1.807) is 25.1 Å². The van der Waals surface area contributed by atoms with Crippen molar-refractivity contribution in [1.82, 2.24) is 9.55 Å². The topological polar surface area (TPSA) is 78.3 Å². The summed E-state index contributed by atoms with van der Waals surface area (Å²) in [5.41, 5.74) is 0.110. The highest BCUT2D eigenvalue weighted by molar-refractivity contribution is 7.87. The van der Waals surface area contributed by atoms with E-state index in [4.69, 9.17) is 10.6 Å². The van der Waals surface area contributed by atoms with E-state index in [1.165, 1.54) is 10.6 Å². The van der Waals surface area contributed by atoms with Gasteiger partial charge in [0.2, 0.25) is 5.88 Å². The van der Waals surface area contributed by atoms with Gasteiger partial charge in [-0.3, -0.25) is 9.36 Å². The molecule has 6 nitrogen and oxygen atoms in total. The summed E-state index contributed by atoms with van der Waals surface area (Å²) >= 11 is 0. The Bertz CT molecular complexity index is 968. The second kappa shape index (κ2) is 5.00. The second-order valence-corrected chi connectivity index (χ2v) is 6.22. The van der Waals surface area contributed by atoms with Crippen LogP contribution in [0.25, 0.3) is 11.4 Å². The molecule has 2 bridgehead atoms. The Labute approximate surface area is 127 Å². The molecule has 0 N–H and O–H groups in total. The Morgan fingerprint density at radius 3 is 2.77 bits per heavy atom. The van der Waals surface area contributed by atoms with Crippen LogP contribution >= 0.6 is 0 Å². The van der Waals surface area contributed by atoms with Crippen LogP contribution in [0, 0.1) is 12.3 Å². The quantitative estimate of drug-likeness (QED) is 0.614. The molecule has 2 heterocycles. The summed E-state index contributed by atoms with van der Waals surface area (Å²) in [4.78, 5) is 16.7. The van der Waals surface area contributed by atoms with Crippen LogP contribution in [0.3, 0.4) is 0 Å². The maximum absolute atomic E-state index is 12.6. The van der Waals surface area contributed by atoms with E-state index >= 15 is 0 Å². The first kappa shape index (κ1) is 14.4. The molecule has 1 aliphatic heterocycles. The molecule has 0 aliphatic carbocycles. The maximum atomic E-state index is 12.6. The molecule has 2 aromatic rings. The van der Waals surface area contributed by atoms with Crippen molar-refractivity contribution in [2.45, 2.75) is 24.8 Å². The van der Waals surface area contributed by atoms with E-state index in [9.17, 15) is 13.2 Å². The van der Waals surface area contributed by atoms with E-state index in [0.717, 1.165) is 0 Å². The van der Waals surface area contributed by atoms with E-state index < -0.39 is 10.1 Å². The van der Waals surface area contributed by atoms with Gasteiger partial charge in [-0.25, -0.2) is 0 Å². The third kappa shape index (κ3) is 2.00.